The third kappa shape index (κ3) is 5.64. The summed E-state index contributed by atoms with van der Waals surface area (Å²) >= 11 is 0. The van der Waals surface area contributed by atoms with Gasteiger partial charge in [-0.3, -0.25) is 4.90 Å². The third-order valence-electron chi connectivity index (χ3n) is 7.39. The van der Waals surface area contributed by atoms with Crippen LogP contribution < -0.4 is 0 Å². The lowest BCUT2D eigenvalue weighted by atomic mass is 9.96. The first-order valence-electron chi connectivity index (χ1n) is 13.9. The van der Waals surface area contributed by atoms with E-state index in [0.29, 0.717) is 31.6 Å². The molecule has 0 aliphatic carbocycles. The van der Waals surface area contributed by atoms with Crippen LogP contribution in [0.1, 0.15) is 74.7 Å². The summed E-state index contributed by atoms with van der Waals surface area (Å²) in [6.45, 7) is 10.9. The molecule has 1 atom stereocenters. The van der Waals surface area contributed by atoms with Crippen LogP contribution in [0.3, 0.4) is 0 Å². The Labute approximate surface area is 235 Å². The largest absolute Gasteiger partial charge is 0.506 e. The first-order valence-corrected chi connectivity index (χ1v) is 13.9. The van der Waals surface area contributed by atoms with Crippen molar-refractivity contribution >= 4 is 12.2 Å². The minimum absolute atomic E-state index is 0.164. The Hall–Kier alpha value is -4.01. The molecular weight excluding hydrogens is 508 g/mol. The van der Waals surface area contributed by atoms with E-state index in [9.17, 15) is 14.7 Å². The number of carbonyl (C=O) groups is 2. The Morgan fingerprint density at radius 1 is 1.05 bits per heavy atom. The van der Waals surface area contributed by atoms with Crippen LogP contribution in [0, 0.1) is 0 Å². The Balaban J connectivity index is 1.48. The second kappa shape index (κ2) is 10.9. The lowest BCUT2D eigenvalue weighted by Crippen LogP contribution is -2.47. The summed E-state index contributed by atoms with van der Waals surface area (Å²) in [5.41, 5.74) is 4.56. The monoisotopic (exact) mass is 546 g/mol. The summed E-state index contributed by atoms with van der Waals surface area (Å²) in [4.78, 5) is 29.9. The molecule has 9 heteroatoms. The smallest absolute Gasteiger partial charge is 0.410 e. The second-order valence-corrected chi connectivity index (χ2v) is 11.8. The molecule has 40 heavy (non-hydrogen) atoms. The number of carbonyl (C=O) groups excluding carboxylic acids is 2. The molecule has 1 N–H and O–H groups in total. The first kappa shape index (κ1) is 27.6. The van der Waals surface area contributed by atoms with Crippen molar-refractivity contribution in [2.24, 2.45) is 0 Å². The second-order valence-electron chi connectivity index (χ2n) is 11.8. The van der Waals surface area contributed by atoms with Crippen molar-refractivity contribution in [3.63, 3.8) is 0 Å². The van der Waals surface area contributed by atoms with Crippen molar-refractivity contribution in [3.8, 4) is 11.4 Å². The minimum Gasteiger partial charge on any atom is -0.506 e. The van der Waals surface area contributed by atoms with E-state index in [1.54, 1.807) is 15.9 Å². The molecule has 1 aromatic heterocycles. The lowest BCUT2D eigenvalue weighted by molar-refractivity contribution is 0.00940. The van der Waals surface area contributed by atoms with Gasteiger partial charge in [0.1, 0.15) is 23.6 Å². The molecule has 3 aromatic rings. The molecule has 3 heterocycles. The Kier molecular flexibility index (Phi) is 7.49. The fourth-order valence-corrected chi connectivity index (χ4v) is 5.39. The number of aromatic nitrogens is 2. The molecule has 2 aliphatic rings. The SMILES string of the molecule is CC(C)c1ccc(-n2nc3c4c2CCN(C(=O)OC(C)(C)C)C4CN(C(=O)OCc2ccccc2)CC3)c(O)c1. The number of hydrogen-bond donors (Lipinski definition) is 1. The normalized spacial score (nSPS) is 16.9. The predicted octanol–water partition coefficient (Wildman–Crippen LogP) is 5.73. The number of rotatable bonds is 4. The van der Waals surface area contributed by atoms with Crippen LogP contribution in [0.15, 0.2) is 48.5 Å². The standard InChI is InChI=1S/C31H38N4O5/c1-20(2)22-11-12-24(27(36)17-22)35-25-14-16-34(30(38)40-31(3,4)5)26-18-33(15-13-23(32-35)28(25)26)29(37)39-19-21-9-7-6-8-10-21/h6-12,17,20,26,36H,13-16,18-19H2,1-5H3. The number of phenols is 1. The summed E-state index contributed by atoms with van der Waals surface area (Å²) in [6.07, 6.45) is 0.187. The van der Waals surface area contributed by atoms with E-state index < -0.39 is 23.8 Å². The zero-order valence-corrected chi connectivity index (χ0v) is 23.9. The van der Waals surface area contributed by atoms with E-state index >= 15 is 0 Å². The highest BCUT2D eigenvalue weighted by Gasteiger charge is 2.42. The van der Waals surface area contributed by atoms with Gasteiger partial charge in [-0.2, -0.15) is 5.10 Å². The number of phenolic OH excluding ortho intramolecular Hbond substituents is 1. The minimum atomic E-state index is -0.659. The molecule has 5 rings (SSSR count). The maximum atomic E-state index is 13.4. The van der Waals surface area contributed by atoms with Crippen molar-refractivity contribution in [2.75, 3.05) is 19.6 Å². The number of nitrogens with zero attached hydrogens (tertiary/aromatic N) is 4. The molecule has 212 valence electrons. The van der Waals surface area contributed by atoms with E-state index in [1.165, 1.54) is 0 Å². The summed E-state index contributed by atoms with van der Waals surface area (Å²) in [6, 6.07) is 14.8. The molecule has 0 fully saturated rings. The highest BCUT2D eigenvalue weighted by atomic mass is 16.6. The molecule has 1 unspecified atom stereocenters. The maximum absolute atomic E-state index is 13.4. The van der Waals surface area contributed by atoms with Crippen molar-refractivity contribution in [1.29, 1.82) is 0 Å². The molecule has 0 radical (unpaired) electrons. The number of ether oxygens (including phenoxy) is 2. The number of aromatic hydroxyl groups is 1. The fraction of sp³-hybridized carbons (Fsp3) is 0.452. The molecular formula is C31H38N4O5. The fourth-order valence-electron chi connectivity index (χ4n) is 5.39. The van der Waals surface area contributed by atoms with Crippen LogP contribution in [0.2, 0.25) is 0 Å². The van der Waals surface area contributed by atoms with Gasteiger partial charge in [-0.15, -0.1) is 0 Å². The topological polar surface area (TPSA) is 97.1 Å². The van der Waals surface area contributed by atoms with E-state index in [4.69, 9.17) is 14.6 Å². The van der Waals surface area contributed by atoms with Gasteiger partial charge < -0.3 is 19.5 Å². The van der Waals surface area contributed by atoms with Gasteiger partial charge in [0.05, 0.1) is 17.4 Å². The van der Waals surface area contributed by atoms with E-state index in [1.807, 2.05) is 67.9 Å². The molecule has 0 spiro atoms. The summed E-state index contributed by atoms with van der Waals surface area (Å²) < 4.78 is 13.2. The quantitative estimate of drug-likeness (QED) is 0.449. The van der Waals surface area contributed by atoms with Gasteiger partial charge in [0.15, 0.2) is 0 Å². The van der Waals surface area contributed by atoms with Crippen LogP contribution in [-0.2, 0) is 28.9 Å². The van der Waals surface area contributed by atoms with Crippen LogP contribution in [0.25, 0.3) is 5.69 Å². The molecule has 9 nitrogen and oxygen atoms in total. The molecule has 0 saturated heterocycles. The van der Waals surface area contributed by atoms with Gasteiger partial charge in [-0.25, -0.2) is 14.3 Å². The van der Waals surface area contributed by atoms with E-state index in [-0.39, 0.29) is 24.8 Å². The van der Waals surface area contributed by atoms with Gasteiger partial charge >= 0.3 is 12.2 Å². The summed E-state index contributed by atoms with van der Waals surface area (Å²) in [7, 11) is 0. The Morgan fingerprint density at radius 2 is 1.80 bits per heavy atom. The number of amides is 2. The van der Waals surface area contributed by atoms with Crippen LogP contribution in [0.5, 0.6) is 5.75 Å². The molecule has 0 bridgehead atoms. The van der Waals surface area contributed by atoms with Crippen molar-refractivity contribution in [2.45, 2.75) is 71.6 Å². The van der Waals surface area contributed by atoms with E-state index in [2.05, 4.69) is 13.8 Å². The average Bonchev–Trinajstić information content (AvgIpc) is 3.16. The highest BCUT2D eigenvalue weighted by molar-refractivity contribution is 5.71. The Bertz CT molecular complexity index is 1390. The van der Waals surface area contributed by atoms with Gasteiger partial charge in [0.25, 0.3) is 0 Å². The molecule has 2 aliphatic heterocycles. The third-order valence-corrected chi connectivity index (χ3v) is 7.39. The number of hydrogen-bond acceptors (Lipinski definition) is 6. The maximum Gasteiger partial charge on any atom is 0.410 e. The highest BCUT2D eigenvalue weighted by Crippen LogP contribution is 2.39. The molecule has 2 aromatic carbocycles. The summed E-state index contributed by atoms with van der Waals surface area (Å²) in [5.74, 6) is 0.449. The van der Waals surface area contributed by atoms with Gasteiger partial charge in [0.2, 0.25) is 0 Å². The van der Waals surface area contributed by atoms with Gasteiger partial charge in [-0.1, -0.05) is 50.2 Å². The van der Waals surface area contributed by atoms with Gasteiger partial charge in [-0.05, 0) is 49.9 Å². The van der Waals surface area contributed by atoms with Crippen molar-refractivity contribution < 1.29 is 24.2 Å². The average molecular weight is 547 g/mol. The first-order chi connectivity index (χ1) is 19.0. The van der Waals surface area contributed by atoms with Gasteiger partial charge in [0, 0.05) is 38.0 Å². The zero-order valence-electron chi connectivity index (χ0n) is 23.9. The predicted molar refractivity (Wildman–Crippen MR) is 151 cm³/mol. The number of benzene rings is 2. The molecule has 0 saturated carbocycles. The van der Waals surface area contributed by atoms with Crippen LogP contribution in [0.4, 0.5) is 9.59 Å². The lowest BCUT2D eigenvalue weighted by Gasteiger charge is -2.38. The van der Waals surface area contributed by atoms with Crippen LogP contribution >= 0.6 is 0 Å². The summed E-state index contributed by atoms with van der Waals surface area (Å²) in [5, 5.41) is 15.9. The van der Waals surface area contributed by atoms with Crippen molar-refractivity contribution in [1.82, 2.24) is 19.6 Å². The van der Waals surface area contributed by atoms with Crippen molar-refractivity contribution in [3.05, 3.63) is 76.6 Å². The molecule has 2 amide bonds. The Morgan fingerprint density at radius 3 is 2.48 bits per heavy atom. The van der Waals surface area contributed by atoms with Crippen LogP contribution in [-0.4, -0.2) is 62.1 Å². The van der Waals surface area contributed by atoms with E-state index in [0.717, 1.165) is 28.1 Å². The zero-order chi connectivity index (χ0) is 28.6.